The average molecular weight is 399 g/mol. The van der Waals surface area contributed by atoms with Crippen molar-refractivity contribution in [2.24, 2.45) is 0 Å². The normalized spacial score (nSPS) is 18.5. The summed E-state index contributed by atoms with van der Waals surface area (Å²) in [5.74, 6) is -1.04. The van der Waals surface area contributed by atoms with Crippen LogP contribution in [0.15, 0.2) is 48.5 Å². The highest BCUT2D eigenvalue weighted by molar-refractivity contribution is 7.94. The second-order valence-corrected chi connectivity index (χ2v) is 8.91. The van der Waals surface area contributed by atoms with E-state index in [-0.39, 0.29) is 29.3 Å². The average Bonchev–Trinajstić information content (AvgIpc) is 3.30. The summed E-state index contributed by atoms with van der Waals surface area (Å²) in [6.07, 6.45) is 2.36. The topological polar surface area (TPSA) is 86.8 Å². The lowest BCUT2D eigenvalue weighted by Gasteiger charge is -2.18. The van der Waals surface area contributed by atoms with Crippen molar-refractivity contribution in [1.82, 2.24) is 0 Å². The van der Waals surface area contributed by atoms with Crippen LogP contribution in [0.5, 0.6) is 0 Å². The minimum atomic E-state index is -3.66. The molecule has 2 fully saturated rings. The first-order valence-electron chi connectivity index (χ1n) is 9.26. The summed E-state index contributed by atoms with van der Waals surface area (Å²) in [6, 6.07) is 13.8. The molecule has 146 valence electrons. The van der Waals surface area contributed by atoms with Crippen LogP contribution in [0.2, 0.25) is 0 Å². The molecule has 2 amide bonds. The molecule has 2 aliphatic heterocycles. The lowest BCUT2D eigenvalue weighted by Crippen LogP contribution is -2.29. The third kappa shape index (κ3) is 3.60. The lowest BCUT2D eigenvalue weighted by atomic mass is 10.1. The Morgan fingerprint density at radius 3 is 2.32 bits per heavy atom. The maximum absolute atomic E-state index is 12.6. The highest BCUT2D eigenvalue weighted by atomic mass is 32.2. The molecule has 0 aliphatic carbocycles. The molecule has 2 saturated heterocycles. The fourth-order valence-electron chi connectivity index (χ4n) is 3.58. The first-order chi connectivity index (χ1) is 13.4. The summed E-state index contributed by atoms with van der Waals surface area (Å²) < 4.78 is 25.0. The number of nitrogens with one attached hydrogen (secondary N) is 1. The fourth-order valence-corrected chi connectivity index (χ4v) is 5.03. The highest BCUT2D eigenvalue weighted by Crippen LogP contribution is 2.26. The molecular formula is C20H21N3O4S. The molecule has 0 saturated carbocycles. The zero-order chi connectivity index (χ0) is 19.7. The summed E-state index contributed by atoms with van der Waals surface area (Å²) in [5.41, 5.74) is 2.27. The van der Waals surface area contributed by atoms with Crippen LogP contribution < -0.4 is 14.5 Å². The van der Waals surface area contributed by atoms with Crippen LogP contribution in [0.1, 0.15) is 29.6 Å². The number of nitrogens with zero attached hydrogens (tertiary/aromatic N) is 2. The second kappa shape index (κ2) is 7.27. The Balaban J connectivity index is 1.50. The van der Waals surface area contributed by atoms with Crippen molar-refractivity contribution in [2.45, 2.75) is 19.3 Å². The van der Waals surface area contributed by atoms with Gasteiger partial charge in [0.1, 0.15) is 0 Å². The van der Waals surface area contributed by atoms with Gasteiger partial charge in [-0.1, -0.05) is 6.07 Å². The Kier molecular flexibility index (Phi) is 4.80. The van der Waals surface area contributed by atoms with Gasteiger partial charge in [-0.25, -0.2) is 12.7 Å². The van der Waals surface area contributed by atoms with Crippen LogP contribution in [0.25, 0.3) is 0 Å². The Labute approximate surface area is 164 Å². The van der Waals surface area contributed by atoms with Gasteiger partial charge in [-0.2, -0.15) is 0 Å². The number of sulfonamides is 1. The number of rotatable bonds is 4. The van der Waals surface area contributed by atoms with E-state index in [2.05, 4.69) is 10.2 Å². The number of amides is 2. The SMILES string of the molecule is O=C(Nc1ccc(N2CCCC2)cc1)c1cccc(N2C(=O)CCS2(=O)=O)c1. The van der Waals surface area contributed by atoms with E-state index in [0.717, 1.165) is 23.1 Å². The van der Waals surface area contributed by atoms with Crippen molar-refractivity contribution in [1.29, 1.82) is 0 Å². The van der Waals surface area contributed by atoms with E-state index < -0.39 is 15.9 Å². The largest absolute Gasteiger partial charge is 0.372 e. The number of hydrogen-bond acceptors (Lipinski definition) is 5. The minimum absolute atomic E-state index is 0.0396. The lowest BCUT2D eigenvalue weighted by molar-refractivity contribution is -0.116. The first kappa shape index (κ1) is 18.5. The van der Waals surface area contributed by atoms with E-state index in [1.807, 2.05) is 24.3 Å². The van der Waals surface area contributed by atoms with E-state index in [9.17, 15) is 18.0 Å². The second-order valence-electron chi connectivity index (χ2n) is 6.97. The molecule has 0 atom stereocenters. The predicted octanol–water partition coefficient (Wildman–Crippen LogP) is 2.61. The smallest absolute Gasteiger partial charge is 0.255 e. The van der Waals surface area contributed by atoms with Crippen LogP contribution in [-0.2, 0) is 14.8 Å². The molecule has 7 nitrogen and oxygen atoms in total. The number of benzene rings is 2. The van der Waals surface area contributed by atoms with Crippen molar-refractivity contribution < 1.29 is 18.0 Å². The van der Waals surface area contributed by atoms with E-state index in [1.165, 1.54) is 25.0 Å². The molecule has 1 N–H and O–H groups in total. The number of carbonyl (C=O) groups excluding carboxylic acids is 2. The molecule has 2 aromatic rings. The van der Waals surface area contributed by atoms with Gasteiger partial charge >= 0.3 is 0 Å². The molecule has 2 aromatic carbocycles. The molecule has 2 aliphatic rings. The molecule has 0 aromatic heterocycles. The summed E-state index contributed by atoms with van der Waals surface area (Å²) in [7, 11) is -3.66. The van der Waals surface area contributed by atoms with Gasteiger partial charge in [-0.3, -0.25) is 9.59 Å². The Morgan fingerprint density at radius 1 is 0.964 bits per heavy atom. The van der Waals surface area contributed by atoms with Gasteiger partial charge in [-0.15, -0.1) is 0 Å². The Hall–Kier alpha value is -2.87. The van der Waals surface area contributed by atoms with E-state index in [1.54, 1.807) is 12.1 Å². The number of carbonyl (C=O) groups is 2. The van der Waals surface area contributed by atoms with E-state index in [0.29, 0.717) is 5.69 Å². The first-order valence-corrected chi connectivity index (χ1v) is 10.9. The summed E-state index contributed by atoms with van der Waals surface area (Å²) in [6.45, 7) is 2.10. The maximum atomic E-state index is 12.6. The third-order valence-electron chi connectivity index (χ3n) is 5.02. The molecule has 4 rings (SSSR count). The van der Waals surface area contributed by atoms with Gasteiger partial charge in [0.25, 0.3) is 5.91 Å². The molecule has 0 unspecified atom stereocenters. The van der Waals surface area contributed by atoms with Gasteiger partial charge in [0.05, 0.1) is 11.4 Å². The number of hydrogen-bond donors (Lipinski definition) is 1. The zero-order valence-corrected chi connectivity index (χ0v) is 16.1. The van der Waals surface area contributed by atoms with Gasteiger partial charge in [0.15, 0.2) is 0 Å². The van der Waals surface area contributed by atoms with Gasteiger partial charge in [0.2, 0.25) is 15.9 Å². The van der Waals surface area contributed by atoms with Crippen LogP contribution in [0.3, 0.4) is 0 Å². The summed E-state index contributed by atoms with van der Waals surface area (Å²) >= 11 is 0. The molecule has 2 heterocycles. The summed E-state index contributed by atoms with van der Waals surface area (Å²) in [5, 5.41) is 2.82. The zero-order valence-electron chi connectivity index (χ0n) is 15.3. The van der Waals surface area contributed by atoms with Gasteiger partial charge in [0, 0.05) is 36.4 Å². The van der Waals surface area contributed by atoms with Gasteiger partial charge < -0.3 is 10.2 Å². The quantitative estimate of drug-likeness (QED) is 0.854. The fraction of sp³-hybridized carbons (Fsp3) is 0.300. The third-order valence-corrected chi connectivity index (χ3v) is 6.71. The molecule has 8 heteroatoms. The van der Waals surface area contributed by atoms with Gasteiger partial charge in [-0.05, 0) is 55.3 Å². The molecular weight excluding hydrogens is 378 g/mol. The van der Waals surface area contributed by atoms with Crippen LogP contribution >= 0.6 is 0 Å². The van der Waals surface area contributed by atoms with Crippen LogP contribution in [0.4, 0.5) is 17.1 Å². The predicted molar refractivity (Wildman–Crippen MR) is 108 cm³/mol. The van der Waals surface area contributed by atoms with Crippen molar-refractivity contribution in [2.75, 3.05) is 33.4 Å². The highest BCUT2D eigenvalue weighted by Gasteiger charge is 2.36. The van der Waals surface area contributed by atoms with Crippen molar-refractivity contribution in [3.63, 3.8) is 0 Å². The van der Waals surface area contributed by atoms with Crippen molar-refractivity contribution in [3.8, 4) is 0 Å². The van der Waals surface area contributed by atoms with Crippen LogP contribution in [-0.4, -0.2) is 39.1 Å². The standard InChI is InChI=1S/C20H21N3O4S/c24-19-10-13-28(26,27)23(19)18-5-3-4-15(14-18)20(25)21-16-6-8-17(9-7-16)22-11-1-2-12-22/h3-9,14H,1-2,10-13H2,(H,21,25). The maximum Gasteiger partial charge on any atom is 0.255 e. The Bertz CT molecular complexity index is 1010. The molecule has 0 spiro atoms. The monoisotopic (exact) mass is 399 g/mol. The number of anilines is 3. The molecule has 28 heavy (non-hydrogen) atoms. The molecule has 0 radical (unpaired) electrons. The van der Waals surface area contributed by atoms with E-state index in [4.69, 9.17) is 0 Å². The van der Waals surface area contributed by atoms with Crippen LogP contribution in [0, 0.1) is 0 Å². The summed E-state index contributed by atoms with van der Waals surface area (Å²) in [4.78, 5) is 26.8. The van der Waals surface area contributed by atoms with E-state index >= 15 is 0 Å². The van der Waals surface area contributed by atoms with Crippen molar-refractivity contribution in [3.05, 3.63) is 54.1 Å². The minimum Gasteiger partial charge on any atom is -0.372 e. The Morgan fingerprint density at radius 2 is 1.68 bits per heavy atom. The molecule has 0 bridgehead atoms. The van der Waals surface area contributed by atoms with Crippen molar-refractivity contribution >= 4 is 38.9 Å².